The molecular formula is C52H60N8O7. The Bertz CT molecular complexity index is 2680. The molecule has 1 spiro atoms. The van der Waals surface area contributed by atoms with Gasteiger partial charge < -0.3 is 40.2 Å². The number of ether oxygens (including phenoxy) is 1. The van der Waals surface area contributed by atoms with Gasteiger partial charge >= 0.3 is 12.2 Å². The lowest BCUT2D eigenvalue weighted by molar-refractivity contribution is -0.136. The summed E-state index contributed by atoms with van der Waals surface area (Å²) in [7, 11) is 1.29. The van der Waals surface area contributed by atoms with Crippen molar-refractivity contribution < 1.29 is 33.8 Å². The Balaban J connectivity index is 0.946. The fourth-order valence-corrected chi connectivity index (χ4v) is 11.0. The van der Waals surface area contributed by atoms with Crippen LogP contribution in [0.3, 0.4) is 0 Å². The van der Waals surface area contributed by atoms with Gasteiger partial charge in [-0.15, -0.1) is 0 Å². The summed E-state index contributed by atoms with van der Waals surface area (Å²) in [6.45, 7) is 8.57. The molecule has 2 aliphatic heterocycles. The van der Waals surface area contributed by atoms with Crippen LogP contribution in [0.4, 0.5) is 9.59 Å². The number of carbonyl (C=O) groups excluding carboxylic acids is 4. The molecule has 0 radical (unpaired) electrons. The van der Waals surface area contributed by atoms with E-state index in [0.29, 0.717) is 24.7 Å². The van der Waals surface area contributed by atoms with E-state index < -0.39 is 24.3 Å². The van der Waals surface area contributed by atoms with Gasteiger partial charge in [0.2, 0.25) is 11.8 Å². The maximum Gasteiger partial charge on any atom is 0.407 e. The van der Waals surface area contributed by atoms with E-state index in [4.69, 9.17) is 14.7 Å². The minimum absolute atomic E-state index is 0.127. The Hall–Kier alpha value is -6.77. The molecule has 4 amide bonds. The Morgan fingerprint density at radius 2 is 1.15 bits per heavy atom. The van der Waals surface area contributed by atoms with Gasteiger partial charge in [-0.3, -0.25) is 14.4 Å². The summed E-state index contributed by atoms with van der Waals surface area (Å²) in [5, 5.41) is 14.5. The van der Waals surface area contributed by atoms with Crippen molar-refractivity contribution in [2.24, 2.45) is 17.3 Å². The quantitative estimate of drug-likeness (QED) is 0.0809. The molecule has 4 aliphatic rings. The Kier molecular flexibility index (Phi) is 12.5. The van der Waals surface area contributed by atoms with Crippen LogP contribution < -0.4 is 10.6 Å². The number of methoxy groups -OCH3 is 1. The molecule has 350 valence electrons. The van der Waals surface area contributed by atoms with Gasteiger partial charge in [-0.25, -0.2) is 19.6 Å². The number of carbonyl (C=O) groups is 5. The highest BCUT2D eigenvalue weighted by atomic mass is 16.5. The summed E-state index contributed by atoms with van der Waals surface area (Å²) in [6, 6.07) is 18.7. The standard InChI is InChI=1S/C52H60N8O7/c1-29(2)43(57-50(64)65)48(62)59-24-8-10-40(59)46-53-27-38(55-46)33-16-12-31(13-17-33)35-20-21-36(42-37(35)26-52(45(42)61)22-6-7-23-52)32-14-18-34(19-15-32)39-28-54-47(56-39)41-11-9-25-60(41)49(63)44(30(3)4)58-51(66)67-5/h12-21,27-30,40-41,43-44,57H,6-11,22-26H2,1-5H3,(H,53,55)(H,54,56)(H,58,66)(H,64,65)/t40-,41-,43-,44-/m0/s1. The second-order valence-corrected chi connectivity index (χ2v) is 19.4. The predicted octanol–water partition coefficient (Wildman–Crippen LogP) is 9.10. The third-order valence-electron chi connectivity index (χ3n) is 14.6. The van der Waals surface area contributed by atoms with Crippen LogP contribution in [0.25, 0.3) is 44.8 Å². The van der Waals surface area contributed by atoms with Gasteiger partial charge in [-0.2, -0.15) is 0 Å². The number of ketones is 1. The highest BCUT2D eigenvalue weighted by Crippen LogP contribution is 2.53. The molecule has 67 heavy (non-hydrogen) atoms. The first-order valence-corrected chi connectivity index (χ1v) is 23.7. The summed E-state index contributed by atoms with van der Waals surface area (Å²) in [5.74, 6) is 0.897. The van der Waals surface area contributed by atoms with E-state index in [0.717, 1.165) is 114 Å². The van der Waals surface area contributed by atoms with Crippen LogP contribution in [-0.2, 0) is 20.7 Å². The van der Waals surface area contributed by atoms with Gasteiger partial charge in [0.25, 0.3) is 0 Å². The molecule has 2 saturated heterocycles. The molecule has 4 atom stereocenters. The summed E-state index contributed by atoms with van der Waals surface area (Å²) in [5.41, 5.74) is 9.05. The zero-order valence-corrected chi connectivity index (χ0v) is 38.9. The molecule has 5 aromatic rings. The van der Waals surface area contributed by atoms with Crippen LogP contribution in [0.5, 0.6) is 0 Å². The number of fused-ring (bicyclic) bond motifs is 1. The van der Waals surface area contributed by atoms with E-state index in [1.807, 2.05) is 39.8 Å². The van der Waals surface area contributed by atoms with Gasteiger partial charge in [-0.1, -0.05) is 101 Å². The second-order valence-electron chi connectivity index (χ2n) is 19.4. The molecule has 9 rings (SSSR count). The van der Waals surface area contributed by atoms with E-state index >= 15 is 0 Å². The number of benzene rings is 3. The van der Waals surface area contributed by atoms with Crippen molar-refractivity contribution in [2.75, 3.05) is 20.2 Å². The number of nitrogens with zero attached hydrogens (tertiary/aromatic N) is 4. The number of imidazole rings is 2. The van der Waals surface area contributed by atoms with E-state index in [1.54, 1.807) is 22.2 Å². The maximum absolute atomic E-state index is 14.6. The van der Waals surface area contributed by atoms with Crippen molar-refractivity contribution in [1.82, 2.24) is 40.4 Å². The largest absolute Gasteiger partial charge is 0.465 e. The van der Waals surface area contributed by atoms with Gasteiger partial charge in [0.1, 0.15) is 23.7 Å². The van der Waals surface area contributed by atoms with Gasteiger partial charge in [0.05, 0.1) is 43.0 Å². The van der Waals surface area contributed by atoms with Crippen LogP contribution >= 0.6 is 0 Å². The first kappa shape index (κ1) is 45.4. The predicted molar refractivity (Wildman–Crippen MR) is 253 cm³/mol. The normalized spacial score (nSPS) is 19.6. The van der Waals surface area contributed by atoms with Crippen LogP contribution in [0, 0.1) is 17.3 Å². The SMILES string of the molecule is COC(=O)N[C@H](C(=O)N1CCC[C@H]1c1ncc(-c2ccc(-c3ccc(-c4ccc(-c5cnc([C@@H]6CCCN6C(=O)[C@@H](NC(=O)O)C(C)C)[nH]5)cc4)c4c3C(=O)C3(CCCC3)C4)cc2)[nH]1)C(C)C. The number of H-pyrrole nitrogens is 2. The van der Waals surface area contributed by atoms with Crippen molar-refractivity contribution in [3.05, 3.63) is 95.8 Å². The molecule has 15 nitrogen and oxygen atoms in total. The van der Waals surface area contributed by atoms with Crippen LogP contribution in [0.2, 0.25) is 0 Å². The van der Waals surface area contributed by atoms with Crippen molar-refractivity contribution in [1.29, 1.82) is 0 Å². The molecule has 5 N–H and O–H groups in total. The lowest BCUT2D eigenvalue weighted by Gasteiger charge is -2.30. The number of nitrogens with one attached hydrogen (secondary N) is 4. The van der Waals surface area contributed by atoms with Crippen LogP contribution in [0.1, 0.15) is 119 Å². The fourth-order valence-electron chi connectivity index (χ4n) is 11.0. The van der Waals surface area contributed by atoms with Crippen molar-refractivity contribution >= 4 is 29.8 Å². The summed E-state index contributed by atoms with van der Waals surface area (Å²) >= 11 is 0. The van der Waals surface area contributed by atoms with E-state index in [2.05, 4.69) is 69.1 Å². The van der Waals surface area contributed by atoms with Gasteiger partial charge in [0, 0.05) is 24.1 Å². The zero-order valence-electron chi connectivity index (χ0n) is 38.9. The third kappa shape index (κ3) is 8.60. The van der Waals surface area contributed by atoms with Crippen molar-refractivity contribution in [3.63, 3.8) is 0 Å². The average molecular weight is 909 g/mol. The number of rotatable bonds is 12. The van der Waals surface area contributed by atoms with E-state index in [1.165, 1.54) is 7.11 Å². The fraction of sp³-hybridized carbons (Fsp3) is 0.442. The highest BCUT2D eigenvalue weighted by molar-refractivity contribution is 6.11. The minimum Gasteiger partial charge on any atom is -0.465 e. The summed E-state index contributed by atoms with van der Waals surface area (Å²) in [4.78, 5) is 85.3. The number of aromatic amines is 2. The number of carboxylic acid groups (broad SMARTS) is 1. The second kappa shape index (κ2) is 18.5. The lowest BCUT2D eigenvalue weighted by atomic mass is 9.81. The molecule has 3 fully saturated rings. The van der Waals surface area contributed by atoms with E-state index in [-0.39, 0.29) is 46.9 Å². The number of aromatic nitrogens is 4. The molecule has 3 aromatic carbocycles. The minimum atomic E-state index is -1.22. The molecule has 2 aromatic heterocycles. The van der Waals surface area contributed by atoms with Crippen molar-refractivity contribution in [3.8, 4) is 44.8 Å². The Labute approximate surface area is 390 Å². The number of likely N-dealkylation sites (tertiary alicyclic amines) is 2. The van der Waals surface area contributed by atoms with Crippen LogP contribution in [0.15, 0.2) is 73.1 Å². The van der Waals surface area contributed by atoms with Gasteiger partial charge in [0.15, 0.2) is 5.78 Å². The molecule has 2 aliphatic carbocycles. The zero-order chi connectivity index (χ0) is 47.1. The number of Topliss-reactive ketones (excluding diaryl/α,β-unsaturated/α-hetero) is 1. The van der Waals surface area contributed by atoms with E-state index in [9.17, 15) is 29.1 Å². The smallest absolute Gasteiger partial charge is 0.407 e. The molecular weight excluding hydrogens is 849 g/mol. The van der Waals surface area contributed by atoms with Crippen LogP contribution in [-0.4, -0.2) is 96.9 Å². The van der Waals surface area contributed by atoms with Gasteiger partial charge in [-0.05, 0) is 95.7 Å². The highest BCUT2D eigenvalue weighted by Gasteiger charge is 2.49. The number of amides is 4. The topological polar surface area (TPSA) is 203 Å². The lowest BCUT2D eigenvalue weighted by Crippen LogP contribution is -2.51. The average Bonchev–Trinajstić information content (AvgIpc) is 4.19. The summed E-state index contributed by atoms with van der Waals surface area (Å²) < 4.78 is 4.79. The Morgan fingerprint density at radius 3 is 1.63 bits per heavy atom. The Morgan fingerprint density at radius 1 is 0.687 bits per heavy atom. The van der Waals surface area contributed by atoms with Crippen molar-refractivity contribution in [2.45, 2.75) is 110 Å². The maximum atomic E-state index is 14.6. The molecule has 4 heterocycles. The number of alkyl carbamates (subject to hydrolysis) is 1. The first-order chi connectivity index (χ1) is 32.3. The summed E-state index contributed by atoms with van der Waals surface area (Å²) in [6.07, 6.45) is 9.45. The third-order valence-corrected chi connectivity index (χ3v) is 14.6. The molecule has 1 saturated carbocycles. The molecule has 0 unspecified atom stereocenters. The number of hydrogen-bond acceptors (Lipinski definition) is 8. The first-order valence-electron chi connectivity index (χ1n) is 23.7. The monoisotopic (exact) mass is 908 g/mol. The molecule has 0 bridgehead atoms. The number of hydrogen-bond donors (Lipinski definition) is 5. The molecule has 15 heteroatoms.